The monoisotopic (exact) mass is 294 g/mol. The molecule has 1 unspecified atom stereocenters. The Morgan fingerprint density at radius 1 is 1.42 bits per heavy atom. The summed E-state index contributed by atoms with van der Waals surface area (Å²) in [7, 11) is 0. The largest absolute Gasteiger partial charge is 0.207 e. The van der Waals surface area contributed by atoms with Crippen molar-refractivity contribution in [3.8, 4) is 0 Å². The maximum atomic E-state index is 13.2. The maximum Gasteiger partial charge on any atom is 0.127 e. The second kappa shape index (κ2) is 3.88. The number of hydrogen-bond donors (Lipinski definition) is 0. The number of hydrogen-bond acceptors (Lipinski definition) is 0. The van der Waals surface area contributed by atoms with Crippen LogP contribution in [0.2, 0.25) is 0 Å². The molecule has 66 valence electrons. The van der Waals surface area contributed by atoms with E-state index in [1.165, 1.54) is 6.07 Å². The van der Waals surface area contributed by atoms with E-state index in [2.05, 4.69) is 31.9 Å². The SMILES string of the molecule is Cc1c(Br)ccc(F)c1C(C)Br. The van der Waals surface area contributed by atoms with Crippen molar-refractivity contribution in [1.82, 2.24) is 0 Å². The van der Waals surface area contributed by atoms with Gasteiger partial charge in [-0.25, -0.2) is 4.39 Å². The molecular weight excluding hydrogens is 287 g/mol. The van der Waals surface area contributed by atoms with Crippen LogP contribution in [0.3, 0.4) is 0 Å². The van der Waals surface area contributed by atoms with E-state index >= 15 is 0 Å². The van der Waals surface area contributed by atoms with Gasteiger partial charge in [0.1, 0.15) is 5.82 Å². The van der Waals surface area contributed by atoms with Crippen LogP contribution in [0.4, 0.5) is 4.39 Å². The second-order valence-electron chi connectivity index (χ2n) is 2.68. The highest BCUT2D eigenvalue weighted by molar-refractivity contribution is 9.10. The fourth-order valence-electron chi connectivity index (χ4n) is 1.16. The Labute approximate surface area is 88.4 Å². The molecule has 0 aliphatic rings. The van der Waals surface area contributed by atoms with E-state index in [0.717, 1.165) is 15.6 Å². The van der Waals surface area contributed by atoms with E-state index in [0.29, 0.717) is 0 Å². The van der Waals surface area contributed by atoms with Gasteiger partial charge in [0.25, 0.3) is 0 Å². The van der Waals surface area contributed by atoms with Gasteiger partial charge in [0.15, 0.2) is 0 Å². The highest BCUT2D eigenvalue weighted by atomic mass is 79.9. The Bertz CT molecular complexity index is 295. The Hall–Kier alpha value is 0.110. The molecule has 12 heavy (non-hydrogen) atoms. The van der Waals surface area contributed by atoms with E-state index in [9.17, 15) is 4.39 Å². The summed E-state index contributed by atoms with van der Waals surface area (Å²) in [6.45, 7) is 3.82. The molecule has 0 saturated heterocycles. The van der Waals surface area contributed by atoms with Crippen molar-refractivity contribution in [3.63, 3.8) is 0 Å². The van der Waals surface area contributed by atoms with Gasteiger partial charge in [0.05, 0.1) is 0 Å². The summed E-state index contributed by atoms with van der Waals surface area (Å²) in [4.78, 5) is 0.0509. The van der Waals surface area contributed by atoms with Gasteiger partial charge in [-0.2, -0.15) is 0 Å². The molecule has 0 nitrogen and oxygen atoms in total. The molecule has 1 atom stereocenters. The molecule has 0 bridgehead atoms. The van der Waals surface area contributed by atoms with E-state index in [1.54, 1.807) is 6.07 Å². The van der Waals surface area contributed by atoms with Crippen molar-refractivity contribution in [2.45, 2.75) is 18.7 Å². The molecule has 0 heterocycles. The van der Waals surface area contributed by atoms with Crippen LogP contribution >= 0.6 is 31.9 Å². The molecule has 0 amide bonds. The molecule has 0 radical (unpaired) electrons. The average molecular weight is 296 g/mol. The van der Waals surface area contributed by atoms with E-state index in [1.807, 2.05) is 13.8 Å². The number of rotatable bonds is 1. The Balaban J connectivity index is 3.33. The van der Waals surface area contributed by atoms with Gasteiger partial charge in [-0.05, 0) is 31.5 Å². The molecule has 1 aromatic carbocycles. The molecule has 3 heteroatoms. The summed E-state index contributed by atoms with van der Waals surface area (Å²) in [6.07, 6.45) is 0. The normalized spacial score (nSPS) is 13.1. The molecule has 0 aromatic heterocycles. The predicted molar refractivity (Wildman–Crippen MR) is 56.2 cm³/mol. The van der Waals surface area contributed by atoms with Crippen molar-refractivity contribution in [2.24, 2.45) is 0 Å². The lowest BCUT2D eigenvalue weighted by atomic mass is 10.1. The van der Waals surface area contributed by atoms with E-state index in [4.69, 9.17) is 0 Å². The summed E-state index contributed by atoms with van der Waals surface area (Å²) in [5.41, 5.74) is 1.68. The van der Waals surface area contributed by atoms with Crippen LogP contribution < -0.4 is 0 Å². The fourth-order valence-corrected chi connectivity index (χ4v) is 2.07. The topological polar surface area (TPSA) is 0 Å². The maximum absolute atomic E-state index is 13.2. The molecule has 0 aliphatic heterocycles. The number of benzene rings is 1. The highest BCUT2D eigenvalue weighted by Gasteiger charge is 2.12. The second-order valence-corrected chi connectivity index (χ2v) is 4.91. The summed E-state index contributed by atoms with van der Waals surface area (Å²) in [5, 5.41) is 0. The van der Waals surface area contributed by atoms with Crippen LogP contribution in [0, 0.1) is 12.7 Å². The van der Waals surface area contributed by atoms with Crippen LogP contribution in [-0.4, -0.2) is 0 Å². The molecule has 0 N–H and O–H groups in total. The minimum Gasteiger partial charge on any atom is -0.207 e. The van der Waals surface area contributed by atoms with Crippen molar-refractivity contribution >= 4 is 31.9 Å². The molecule has 0 spiro atoms. The Morgan fingerprint density at radius 3 is 2.42 bits per heavy atom. The lowest BCUT2D eigenvalue weighted by molar-refractivity contribution is 0.609. The summed E-state index contributed by atoms with van der Waals surface area (Å²) in [6, 6.07) is 3.20. The first-order chi connectivity index (χ1) is 5.54. The van der Waals surface area contributed by atoms with Gasteiger partial charge < -0.3 is 0 Å². The molecule has 0 aliphatic carbocycles. The summed E-state index contributed by atoms with van der Waals surface area (Å²) < 4.78 is 14.2. The van der Waals surface area contributed by atoms with Crippen molar-refractivity contribution < 1.29 is 4.39 Å². The van der Waals surface area contributed by atoms with E-state index < -0.39 is 0 Å². The lowest BCUT2D eigenvalue weighted by Gasteiger charge is -2.10. The Kier molecular flexibility index (Phi) is 3.29. The standard InChI is InChI=1S/C9H9Br2F/c1-5-7(11)3-4-8(12)9(5)6(2)10/h3-4,6H,1-2H3. The first-order valence-electron chi connectivity index (χ1n) is 3.62. The molecule has 0 fully saturated rings. The van der Waals surface area contributed by atoms with Gasteiger partial charge in [0.2, 0.25) is 0 Å². The minimum atomic E-state index is -0.153. The van der Waals surface area contributed by atoms with E-state index in [-0.39, 0.29) is 10.6 Å². The minimum absolute atomic E-state index is 0.0509. The van der Waals surface area contributed by atoms with Crippen LogP contribution in [0.1, 0.15) is 22.9 Å². The van der Waals surface area contributed by atoms with Gasteiger partial charge in [-0.3, -0.25) is 0 Å². The number of halogens is 3. The van der Waals surface area contributed by atoms with Gasteiger partial charge >= 0.3 is 0 Å². The van der Waals surface area contributed by atoms with Gasteiger partial charge in [-0.15, -0.1) is 0 Å². The molecule has 1 aromatic rings. The Morgan fingerprint density at radius 2 is 2.00 bits per heavy atom. The predicted octanol–water partition coefficient (Wildman–Crippen LogP) is 4.35. The lowest BCUT2D eigenvalue weighted by Crippen LogP contribution is -1.95. The number of alkyl halides is 1. The first kappa shape index (κ1) is 10.2. The highest BCUT2D eigenvalue weighted by Crippen LogP contribution is 2.31. The quantitative estimate of drug-likeness (QED) is 0.676. The summed E-state index contributed by atoms with van der Waals surface area (Å²) in [5.74, 6) is -0.153. The first-order valence-corrected chi connectivity index (χ1v) is 5.33. The fraction of sp³-hybridized carbons (Fsp3) is 0.333. The zero-order valence-corrected chi connectivity index (χ0v) is 10.0. The van der Waals surface area contributed by atoms with Crippen molar-refractivity contribution in [2.75, 3.05) is 0 Å². The smallest absolute Gasteiger partial charge is 0.127 e. The molecular formula is C9H9Br2F. The van der Waals surface area contributed by atoms with Crippen molar-refractivity contribution in [3.05, 3.63) is 33.5 Å². The molecule has 1 rings (SSSR count). The zero-order chi connectivity index (χ0) is 9.30. The van der Waals surface area contributed by atoms with Gasteiger partial charge in [0, 0.05) is 14.9 Å². The van der Waals surface area contributed by atoms with Gasteiger partial charge in [-0.1, -0.05) is 31.9 Å². The van der Waals surface area contributed by atoms with Crippen LogP contribution in [0.15, 0.2) is 16.6 Å². The van der Waals surface area contributed by atoms with Crippen LogP contribution in [0.25, 0.3) is 0 Å². The third kappa shape index (κ3) is 1.88. The van der Waals surface area contributed by atoms with Crippen molar-refractivity contribution in [1.29, 1.82) is 0 Å². The van der Waals surface area contributed by atoms with Crippen LogP contribution in [-0.2, 0) is 0 Å². The molecule has 0 saturated carbocycles. The van der Waals surface area contributed by atoms with Crippen LogP contribution in [0.5, 0.6) is 0 Å². The average Bonchev–Trinajstić information content (AvgIpc) is 1.97. The third-order valence-corrected chi connectivity index (χ3v) is 3.11. The summed E-state index contributed by atoms with van der Waals surface area (Å²) >= 11 is 6.72. The zero-order valence-electron chi connectivity index (χ0n) is 6.87. The third-order valence-electron chi connectivity index (χ3n) is 1.79.